The van der Waals surface area contributed by atoms with E-state index in [1.165, 1.54) is 0 Å². The highest BCUT2D eigenvalue weighted by Crippen LogP contribution is 2.28. The third-order valence-electron chi connectivity index (χ3n) is 3.18. The maximum absolute atomic E-state index is 12.0. The molecule has 0 bridgehead atoms. The van der Waals surface area contributed by atoms with Crippen LogP contribution >= 0.6 is 0 Å². The van der Waals surface area contributed by atoms with E-state index >= 15 is 0 Å². The van der Waals surface area contributed by atoms with Crippen molar-refractivity contribution in [2.75, 3.05) is 12.4 Å². The van der Waals surface area contributed by atoms with Crippen LogP contribution in [-0.2, 0) is 25.8 Å². The molecule has 0 radical (unpaired) electrons. The lowest BCUT2D eigenvalue weighted by atomic mass is 10.2. The quantitative estimate of drug-likeness (QED) is 0.748. The first kappa shape index (κ1) is 14.1. The highest BCUT2D eigenvalue weighted by atomic mass is 32.2. The predicted molar refractivity (Wildman–Crippen MR) is 71.6 cm³/mol. The lowest BCUT2D eigenvalue weighted by Crippen LogP contribution is -2.19. The fourth-order valence-corrected chi connectivity index (χ4v) is 2.82. The number of sulfone groups is 1. The normalized spacial score (nSPS) is 15.2. The Morgan fingerprint density at radius 3 is 2.42 bits per heavy atom. The second kappa shape index (κ2) is 5.74. The molecule has 2 rings (SSSR count). The molecule has 0 spiro atoms. The molecule has 1 aliphatic carbocycles. The van der Waals surface area contributed by atoms with Crippen LogP contribution in [0.2, 0.25) is 0 Å². The van der Waals surface area contributed by atoms with Crippen molar-refractivity contribution in [1.29, 1.82) is 0 Å². The maximum atomic E-state index is 12.0. The van der Waals surface area contributed by atoms with Crippen molar-refractivity contribution in [3.63, 3.8) is 0 Å². The molecule has 1 aromatic rings. The van der Waals surface area contributed by atoms with Crippen LogP contribution in [0.15, 0.2) is 29.2 Å². The molecule has 19 heavy (non-hydrogen) atoms. The van der Waals surface area contributed by atoms with E-state index in [2.05, 4.69) is 0 Å². The van der Waals surface area contributed by atoms with Crippen LogP contribution in [0.4, 0.5) is 0 Å². The zero-order valence-corrected chi connectivity index (χ0v) is 11.8. The van der Waals surface area contributed by atoms with E-state index < -0.39 is 21.6 Å². The van der Waals surface area contributed by atoms with Crippen LogP contribution in [0.3, 0.4) is 0 Å². The second-order valence-corrected chi connectivity index (χ2v) is 6.87. The number of carbonyl (C=O) groups is 1. The number of ether oxygens (including phenoxy) is 1. The third kappa shape index (κ3) is 4.06. The van der Waals surface area contributed by atoms with Crippen LogP contribution in [0.1, 0.15) is 25.3 Å². The van der Waals surface area contributed by atoms with E-state index in [1.54, 1.807) is 24.3 Å². The number of benzene rings is 1. The molecule has 0 atom stereocenters. The summed E-state index contributed by atoms with van der Waals surface area (Å²) in [4.78, 5) is 11.7. The smallest absolute Gasteiger partial charge is 0.321 e. The van der Waals surface area contributed by atoms with Gasteiger partial charge in [0, 0.05) is 0 Å². The molecule has 0 saturated heterocycles. The summed E-state index contributed by atoms with van der Waals surface area (Å²) in [5, 5.41) is 0. The zero-order valence-electron chi connectivity index (χ0n) is 11.0. The average Bonchev–Trinajstić information content (AvgIpc) is 3.20. The fourth-order valence-electron chi connectivity index (χ4n) is 1.71. The molecule has 0 aromatic heterocycles. The minimum absolute atomic E-state index is 0.174. The van der Waals surface area contributed by atoms with Crippen molar-refractivity contribution in [3.8, 4) is 0 Å². The van der Waals surface area contributed by atoms with Crippen molar-refractivity contribution >= 4 is 15.8 Å². The number of carbonyl (C=O) groups excluding carboxylic acids is 1. The molecule has 0 amide bonds. The van der Waals surface area contributed by atoms with Gasteiger partial charge in [-0.05, 0) is 42.9 Å². The van der Waals surface area contributed by atoms with Gasteiger partial charge in [-0.25, -0.2) is 8.42 Å². The molecule has 1 saturated carbocycles. The summed E-state index contributed by atoms with van der Waals surface area (Å²) < 4.78 is 29.0. The SMILES string of the molecule is CCc1ccc(S(=O)(=O)CC(=O)OCC2CC2)cc1. The van der Waals surface area contributed by atoms with E-state index in [0.717, 1.165) is 24.8 Å². The van der Waals surface area contributed by atoms with Gasteiger partial charge in [-0.1, -0.05) is 19.1 Å². The van der Waals surface area contributed by atoms with Crippen molar-refractivity contribution < 1.29 is 17.9 Å². The number of esters is 1. The number of rotatable bonds is 6. The minimum Gasteiger partial charge on any atom is -0.465 e. The van der Waals surface area contributed by atoms with Gasteiger partial charge in [0.2, 0.25) is 0 Å². The first-order valence-corrected chi connectivity index (χ1v) is 8.14. The Kier molecular flexibility index (Phi) is 4.24. The van der Waals surface area contributed by atoms with Gasteiger partial charge in [0.15, 0.2) is 15.6 Å². The van der Waals surface area contributed by atoms with E-state index in [1.807, 2.05) is 6.92 Å². The van der Waals surface area contributed by atoms with Gasteiger partial charge < -0.3 is 4.74 Å². The Labute approximate surface area is 113 Å². The fraction of sp³-hybridized carbons (Fsp3) is 0.500. The number of hydrogen-bond donors (Lipinski definition) is 0. The lowest BCUT2D eigenvalue weighted by Gasteiger charge is -2.06. The van der Waals surface area contributed by atoms with Crippen LogP contribution in [0.25, 0.3) is 0 Å². The lowest BCUT2D eigenvalue weighted by molar-refractivity contribution is -0.141. The van der Waals surface area contributed by atoms with Crippen molar-refractivity contribution in [1.82, 2.24) is 0 Å². The molecule has 1 aromatic carbocycles. The molecule has 1 aliphatic rings. The molecule has 0 N–H and O–H groups in total. The Morgan fingerprint density at radius 2 is 1.89 bits per heavy atom. The minimum atomic E-state index is -3.59. The molecule has 5 heteroatoms. The summed E-state index contributed by atoms with van der Waals surface area (Å²) in [7, 11) is -3.59. The number of hydrogen-bond acceptors (Lipinski definition) is 4. The van der Waals surface area contributed by atoms with Gasteiger partial charge in [-0.15, -0.1) is 0 Å². The Morgan fingerprint density at radius 1 is 1.26 bits per heavy atom. The van der Waals surface area contributed by atoms with E-state index in [0.29, 0.717) is 12.5 Å². The number of aryl methyl sites for hydroxylation is 1. The zero-order chi connectivity index (χ0) is 13.9. The summed E-state index contributed by atoms with van der Waals surface area (Å²) in [5.74, 6) is -0.799. The summed E-state index contributed by atoms with van der Waals surface area (Å²) in [6.45, 7) is 2.35. The van der Waals surface area contributed by atoms with Gasteiger partial charge in [0.1, 0.15) is 0 Å². The second-order valence-electron chi connectivity index (χ2n) is 4.88. The predicted octanol–water partition coefficient (Wildman–Crippen LogP) is 1.98. The van der Waals surface area contributed by atoms with E-state index in [9.17, 15) is 13.2 Å². The van der Waals surface area contributed by atoms with Gasteiger partial charge >= 0.3 is 5.97 Å². The molecular weight excluding hydrogens is 264 g/mol. The Hall–Kier alpha value is -1.36. The molecule has 1 fully saturated rings. The largest absolute Gasteiger partial charge is 0.465 e. The van der Waals surface area contributed by atoms with Crippen LogP contribution in [0, 0.1) is 5.92 Å². The first-order valence-electron chi connectivity index (χ1n) is 6.48. The highest BCUT2D eigenvalue weighted by molar-refractivity contribution is 7.92. The molecule has 0 unspecified atom stereocenters. The Bertz CT molecular complexity index is 541. The molecule has 104 valence electrons. The molecular formula is C14H18O4S. The summed E-state index contributed by atoms with van der Waals surface area (Å²) in [5.41, 5.74) is 1.07. The van der Waals surface area contributed by atoms with Gasteiger partial charge in [0.25, 0.3) is 0 Å². The van der Waals surface area contributed by atoms with Gasteiger partial charge in [-0.2, -0.15) is 0 Å². The van der Waals surface area contributed by atoms with Crippen molar-refractivity contribution in [2.24, 2.45) is 5.92 Å². The molecule has 0 aliphatic heterocycles. The highest BCUT2D eigenvalue weighted by Gasteiger charge is 2.25. The summed E-state index contributed by atoms with van der Waals surface area (Å²) in [6.07, 6.45) is 2.99. The molecule has 0 heterocycles. The van der Waals surface area contributed by atoms with Crippen molar-refractivity contribution in [3.05, 3.63) is 29.8 Å². The molecule has 4 nitrogen and oxygen atoms in total. The third-order valence-corrected chi connectivity index (χ3v) is 4.78. The van der Waals surface area contributed by atoms with Crippen molar-refractivity contribution in [2.45, 2.75) is 31.1 Å². The van der Waals surface area contributed by atoms with Crippen LogP contribution in [0.5, 0.6) is 0 Å². The monoisotopic (exact) mass is 282 g/mol. The topological polar surface area (TPSA) is 60.4 Å². The van der Waals surface area contributed by atoms with E-state index in [4.69, 9.17) is 4.74 Å². The summed E-state index contributed by atoms with van der Waals surface area (Å²) >= 11 is 0. The summed E-state index contributed by atoms with van der Waals surface area (Å²) in [6, 6.07) is 6.62. The Balaban J connectivity index is 1.97. The maximum Gasteiger partial charge on any atom is 0.321 e. The van der Waals surface area contributed by atoms with Gasteiger partial charge in [0.05, 0.1) is 11.5 Å². The van der Waals surface area contributed by atoms with Crippen LogP contribution in [-0.4, -0.2) is 26.7 Å². The average molecular weight is 282 g/mol. The van der Waals surface area contributed by atoms with Crippen LogP contribution < -0.4 is 0 Å². The standard InChI is InChI=1S/C14H18O4S/c1-2-11-5-7-13(8-6-11)19(16,17)10-14(15)18-9-12-3-4-12/h5-8,12H,2-4,9-10H2,1H3. The first-order chi connectivity index (χ1) is 9.01. The van der Waals surface area contributed by atoms with Gasteiger partial charge in [-0.3, -0.25) is 4.79 Å². The van der Waals surface area contributed by atoms with E-state index in [-0.39, 0.29) is 4.90 Å².